The summed E-state index contributed by atoms with van der Waals surface area (Å²) >= 11 is 5.93. The number of aliphatic hydroxyl groups excluding tert-OH is 1. The second-order valence-corrected chi connectivity index (χ2v) is 9.89. The summed E-state index contributed by atoms with van der Waals surface area (Å²) < 4.78 is 30.4. The van der Waals surface area contributed by atoms with E-state index < -0.39 is 21.7 Å². The molecule has 2 aromatic carbocycles. The lowest BCUT2D eigenvalue weighted by molar-refractivity contribution is -0.0372. The Morgan fingerprint density at radius 3 is 2.30 bits per heavy atom. The van der Waals surface area contributed by atoms with Crippen LogP contribution in [0.25, 0.3) is 0 Å². The first-order valence-electron chi connectivity index (χ1n) is 9.72. The zero-order valence-corrected chi connectivity index (χ0v) is 18.4. The molecule has 0 aliphatic carbocycles. The third kappa shape index (κ3) is 6.58. The normalized spacial score (nSPS) is 18.0. The van der Waals surface area contributed by atoms with Crippen molar-refractivity contribution in [3.8, 4) is 5.75 Å². The lowest BCUT2D eigenvalue weighted by atomic mass is 9.84. The number of anilines is 1. The number of piperidine rings is 1. The number of hydrogen-bond donors (Lipinski definition) is 3. The van der Waals surface area contributed by atoms with Crippen molar-refractivity contribution in [1.29, 1.82) is 0 Å². The van der Waals surface area contributed by atoms with E-state index in [1.807, 2.05) is 12.1 Å². The minimum absolute atomic E-state index is 0.122. The van der Waals surface area contributed by atoms with E-state index in [4.69, 9.17) is 16.3 Å². The summed E-state index contributed by atoms with van der Waals surface area (Å²) in [5.41, 5.74) is 0.445. The highest BCUT2D eigenvalue weighted by Crippen LogP contribution is 2.33. The summed E-state index contributed by atoms with van der Waals surface area (Å²) in [4.78, 5) is 2.11. The zero-order valence-electron chi connectivity index (χ0n) is 16.8. The number of halogens is 1. The summed E-state index contributed by atoms with van der Waals surface area (Å²) in [6, 6.07) is 13.8. The van der Waals surface area contributed by atoms with Gasteiger partial charge in [0.1, 0.15) is 18.5 Å². The molecule has 30 heavy (non-hydrogen) atoms. The SMILES string of the molecule is CS(=O)(=O)Nc1ccc(OC[C@@H](O)CN2CCC(O)(c3ccc(Cl)cc3)CC2)cc1. The number of rotatable bonds is 8. The predicted molar refractivity (Wildman–Crippen MR) is 117 cm³/mol. The van der Waals surface area contributed by atoms with Gasteiger partial charge in [-0.1, -0.05) is 23.7 Å². The second kappa shape index (κ2) is 9.53. The molecule has 1 heterocycles. The van der Waals surface area contributed by atoms with Gasteiger partial charge in [0.25, 0.3) is 0 Å². The number of hydrogen-bond acceptors (Lipinski definition) is 6. The largest absolute Gasteiger partial charge is 0.491 e. The third-order valence-electron chi connectivity index (χ3n) is 5.13. The van der Waals surface area contributed by atoms with Gasteiger partial charge in [0.2, 0.25) is 10.0 Å². The summed E-state index contributed by atoms with van der Waals surface area (Å²) in [6.07, 6.45) is 1.57. The van der Waals surface area contributed by atoms with Crippen molar-refractivity contribution in [2.45, 2.75) is 24.5 Å². The molecule has 1 fully saturated rings. The Balaban J connectivity index is 1.43. The van der Waals surface area contributed by atoms with Gasteiger partial charge >= 0.3 is 0 Å². The molecule has 1 saturated heterocycles. The zero-order chi connectivity index (χ0) is 21.8. The maximum Gasteiger partial charge on any atom is 0.229 e. The van der Waals surface area contributed by atoms with Gasteiger partial charge in [0.15, 0.2) is 0 Å². The number of aliphatic hydroxyl groups is 2. The van der Waals surface area contributed by atoms with Crippen molar-refractivity contribution in [3.63, 3.8) is 0 Å². The fourth-order valence-electron chi connectivity index (χ4n) is 3.53. The van der Waals surface area contributed by atoms with Crippen molar-refractivity contribution in [2.75, 3.05) is 37.2 Å². The summed E-state index contributed by atoms with van der Waals surface area (Å²) in [5.74, 6) is 0.545. The minimum Gasteiger partial charge on any atom is -0.491 e. The highest BCUT2D eigenvalue weighted by atomic mass is 35.5. The molecule has 0 unspecified atom stereocenters. The molecule has 0 aromatic heterocycles. The third-order valence-corrected chi connectivity index (χ3v) is 5.99. The Morgan fingerprint density at radius 2 is 1.73 bits per heavy atom. The van der Waals surface area contributed by atoms with Crippen molar-refractivity contribution in [2.24, 2.45) is 0 Å². The van der Waals surface area contributed by atoms with Crippen LogP contribution in [0.1, 0.15) is 18.4 Å². The van der Waals surface area contributed by atoms with E-state index in [1.54, 1.807) is 36.4 Å². The van der Waals surface area contributed by atoms with Crippen LogP contribution in [0.3, 0.4) is 0 Å². The second-order valence-electron chi connectivity index (χ2n) is 7.70. The first-order valence-corrected chi connectivity index (χ1v) is 12.0. The van der Waals surface area contributed by atoms with Crippen LogP contribution < -0.4 is 9.46 Å². The van der Waals surface area contributed by atoms with Crippen LogP contribution >= 0.6 is 11.6 Å². The van der Waals surface area contributed by atoms with E-state index >= 15 is 0 Å². The highest BCUT2D eigenvalue weighted by Gasteiger charge is 2.34. The van der Waals surface area contributed by atoms with E-state index in [1.165, 1.54) is 0 Å². The van der Waals surface area contributed by atoms with Crippen LogP contribution in [0.4, 0.5) is 5.69 Å². The quantitative estimate of drug-likeness (QED) is 0.566. The van der Waals surface area contributed by atoms with Crippen LogP contribution in [0.5, 0.6) is 5.75 Å². The Morgan fingerprint density at radius 1 is 1.13 bits per heavy atom. The van der Waals surface area contributed by atoms with Crippen LogP contribution in [-0.4, -0.2) is 62.1 Å². The van der Waals surface area contributed by atoms with Gasteiger partial charge in [-0.2, -0.15) is 0 Å². The Bertz CT molecular complexity index is 927. The molecule has 0 bridgehead atoms. The first kappa shape index (κ1) is 22.8. The summed E-state index contributed by atoms with van der Waals surface area (Å²) in [7, 11) is -3.32. The monoisotopic (exact) mass is 454 g/mol. The Kier molecular flexibility index (Phi) is 7.26. The van der Waals surface area contributed by atoms with Crippen LogP contribution in [0.15, 0.2) is 48.5 Å². The highest BCUT2D eigenvalue weighted by molar-refractivity contribution is 7.92. The van der Waals surface area contributed by atoms with Crippen LogP contribution in [-0.2, 0) is 15.6 Å². The molecule has 1 atom stereocenters. The smallest absolute Gasteiger partial charge is 0.229 e. The van der Waals surface area contributed by atoms with Gasteiger partial charge < -0.3 is 19.8 Å². The lowest BCUT2D eigenvalue weighted by Gasteiger charge is -2.39. The predicted octanol–water partition coefficient (Wildman–Crippen LogP) is 2.43. The molecule has 9 heteroatoms. The lowest BCUT2D eigenvalue weighted by Crippen LogP contribution is -2.46. The Labute approximate surface area is 182 Å². The maximum atomic E-state index is 11.2. The first-order chi connectivity index (χ1) is 14.1. The fourth-order valence-corrected chi connectivity index (χ4v) is 4.22. The minimum atomic E-state index is -3.32. The van der Waals surface area contributed by atoms with E-state index in [2.05, 4.69) is 9.62 Å². The van der Waals surface area contributed by atoms with Gasteiger partial charge in [0, 0.05) is 30.3 Å². The van der Waals surface area contributed by atoms with E-state index in [-0.39, 0.29) is 6.61 Å². The van der Waals surface area contributed by atoms with Gasteiger partial charge in [0.05, 0.1) is 11.9 Å². The number of β-amino-alcohol motifs (C(OH)–C–C–N with tert-alkyl or cyclic N) is 1. The van der Waals surface area contributed by atoms with Gasteiger partial charge in [-0.3, -0.25) is 4.72 Å². The van der Waals surface area contributed by atoms with Crippen molar-refractivity contribution >= 4 is 27.3 Å². The molecule has 164 valence electrons. The van der Waals surface area contributed by atoms with Crippen molar-refractivity contribution < 1.29 is 23.4 Å². The van der Waals surface area contributed by atoms with Gasteiger partial charge in [-0.25, -0.2) is 8.42 Å². The number of nitrogens with zero attached hydrogens (tertiary/aromatic N) is 1. The molecule has 0 amide bonds. The molecule has 1 aliphatic heterocycles. The molecule has 0 saturated carbocycles. The molecule has 0 spiro atoms. The topological polar surface area (TPSA) is 99.1 Å². The van der Waals surface area contributed by atoms with Crippen LogP contribution in [0, 0.1) is 0 Å². The van der Waals surface area contributed by atoms with Crippen LogP contribution in [0.2, 0.25) is 5.02 Å². The molecular weight excluding hydrogens is 428 g/mol. The molecule has 7 nitrogen and oxygen atoms in total. The molecule has 1 aliphatic rings. The molecular formula is C21H27ClN2O5S. The summed E-state index contributed by atoms with van der Waals surface area (Å²) in [6.45, 7) is 1.91. The van der Waals surface area contributed by atoms with E-state index in [0.29, 0.717) is 48.9 Å². The molecule has 2 aromatic rings. The summed E-state index contributed by atoms with van der Waals surface area (Å²) in [5, 5.41) is 21.9. The van der Waals surface area contributed by atoms with E-state index in [9.17, 15) is 18.6 Å². The molecule has 0 radical (unpaired) electrons. The Hall–Kier alpha value is -1.84. The van der Waals surface area contributed by atoms with E-state index in [0.717, 1.165) is 11.8 Å². The van der Waals surface area contributed by atoms with Gasteiger partial charge in [-0.15, -0.1) is 0 Å². The average molecular weight is 455 g/mol. The number of ether oxygens (including phenoxy) is 1. The van der Waals surface area contributed by atoms with Crippen molar-refractivity contribution in [1.82, 2.24) is 4.90 Å². The number of nitrogens with one attached hydrogen (secondary N) is 1. The molecule has 3 rings (SSSR count). The standard InChI is InChI=1S/C21H27ClN2O5S/c1-30(27,28)23-18-6-8-20(9-7-18)29-15-19(25)14-24-12-10-21(26,11-13-24)16-2-4-17(22)5-3-16/h2-9,19,23,25-26H,10-15H2,1H3/t19-/m0/s1. The maximum absolute atomic E-state index is 11.2. The fraction of sp³-hybridized carbons (Fsp3) is 0.429. The van der Waals surface area contributed by atoms with Gasteiger partial charge in [-0.05, 0) is 54.8 Å². The number of sulfonamides is 1. The number of likely N-dealkylation sites (tertiary alicyclic amines) is 1. The molecule has 3 N–H and O–H groups in total. The number of benzene rings is 2. The average Bonchev–Trinajstić information content (AvgIpc) is 2.69. The van der Waals surface area contributed by atoms with Crippen molar-refractivity contribution in [3.05, 3.63) is 59.1 Å².